The number of ether oxygens (including phenoxy) is 1. The van der Waals surface area contributed by atoms with Crippen molar-refractivity contribution in [3.8, 4) is 5.75 Å². The fourth-order valence-electron chi connectivity index (χ4n) is 2.02. The number of halogens is 4. The van der Waals surface area contributed by atoms with Crippen molar-refractivity contribution in [3.05, 3.63) is 42.0 Å². The fourth-order valence-corrected chi connectivity index (χ4v) is 2.53. The van der Waals surface area contributed by atoms with Crippen LogP contribution in [0.15, 0.2) is 36.4 Å². The largest absolute Gasteiger partial charge is 0.497 e. The van der Waals surface area contributed by atoms with E-state index in [1.165, 1.54) is 0 Å². The average Bonchev–Trinajstić information content (AvgIpc) is 2.42. The second-order valence-corrected chi connectivity index (χ2v) is 5.70. The van der Waals surface area contributed by atoms with Gasteiger partial charge in [0.1, 0.15) is 5.75 Å². The maximum absolute atomic E-state index is 12.2. The molecule has 0 aromatic heterocycles. The summed E-state index contributed by atoms with van der Waals surface area (Å²) in [5.74, 6) is 0.762. The third-order valence-electron chi connectivity index (χ3n) is 3.11. The molecular weight excluding hydrogens is 333 g/mol. The van der Waals surface area contributed by atoms with Gasteiger partial charge in [0.2, 0.25) is 0 Å². The van der Waals surface area contributed by atoms with E-state index in [9.17, 15) is 13.2 Å². The highest BCUT2D eigenvalue weighted by Gasteiger charge is 2.28. The number of fused-ring (bicyclic) bond motifs is 1. The molecule has 5 heteroatoms. The van der Waals surface area contributed by atoms with Gasteiger partial charge in [-0.1, -0.05) is 40.2 Å². The smallest absolute Gasteiger partial charge is 0.389 e. The number of alkyl halides is 4. The second kappa shape index (κ2) is 6.04. The van der Waals surface area contributed by atoms with E-state index in [-0.39, 0.29) is 11.2 Å². The monoisotopic (exact) mass is 346 g/mol. The molecule has 1 nitrogen and oxygen atoms in total. The summed E-state index contributed by atoms with van der Waals surface area (Å²) in [5.41, 5.74) is 0.854. The molecule has 1 atom stereocenters. The third kappa shape index (κ3) is 3.88. The standard InChI is InChI=1S/C15H14BrF3O/c1-20-13-5-4-10-8-12(3-2-11(10)9-13)14(16)6-7-15(17,18)19/h2-5,8-9,14H,6-7H2,1H3. The van der Waals surface area contributed by atoms with Crippen molar-refractivity contribution in [1.82, 2.24) is 0 Å². The zero-order valence-corrected chi connectivity index (χ0v) is 12.5. The van der Waals surface area contributed by atoms with Crippen LogP contribution >= 0.6 is 15.9 Å². The van der Waals surface area contributed by atoms with Crippen molar-refractivity contribution in [2.45, 2.75) is 23.8 Å². The van der Waals surface area contributed by atoms with Crippen LogP contribution in [0.4, 0.5) is 13.2 Å². The molecule has 0 aliphatic heterocycles. The first-order chi connectivity index (χ1) is 9.39. The third-order valence-corrected chi connectivity index (χ3v) is 4.10. The number of hydrogen-bond donors (Lipinski definition) is 0. The summed E-state index contributed by atoms with van der Waals surface area (Å²) in [6.07, 6.45) is -4.87. The Kier molecular flexibility index (Phi) is 4.58. The van der Waals surface area contributed by atoms with Crippen molar-refractivity contribution in [2.75, 3.05) is 7.11 Å². The van der Waals surface area contributed by atoms with Crippen LogP contribution in [0.3, 0.4) is 0 Å². The maximum atomic E-state index is 12.2. The van der Waals surface area contributed by atoms with Crippen LogP contribution in [0, 0.1) is 0 Å². The lowest BCUT2D eigenvalue weighted by Crippen LogP contribution is -2.08. The Balaban J connectivity index is 2.19. The van der Waals surface area contributed by atoms with Gasteiger partial charge in [0, 0.05) is 11.2 Å². The van der Waals surface area contributed by atoms with Gasteiger partial charge in [-0.3, -0.25) is 0 Å². The molecule has 0 spiro atoms. The molecule has 0 fully saturated rings. The number of methoxy groups -OCH3 is 1. The first-order valence-corrected chi connectivity index (χ1v) is 7.09. The Morgan fingerprint density at radius 2 is 1.75 bits per heavy atom. The van der Waals surface area contributed by atoms with Gasteiger partial charge in [0.05, 0.1) is 7.11 Å². The highest BCUT2D eigenvalue weighted by atomic mass is 79.9. The number of benzene rings is 2. The van der Waals surface area contributed by atoms with Crippen LogP contribution in [0.2, 0.25) is 0 Å². The van der Waals surface area contributed by atoms with Gasteiger partial charge in [-0.15, -0.1) is 0 Å². The van der Waals surface area contributed by atoms with Crippen LogP contribution in [0.5, 0.6) is 5.75 Å². The fraction of sp³-hybridized carbons (Fsp3) is 0.333. The van der Waals surface area contributed by atoms with E-state index in [1.807, 2.05) is 36.4 Å². The van der Waals surface area contributed by atoms with Crippen LogP contribution in [-0.2, 0) is 0 Å². The average molecular weight is 347 g/mol. The summed E-state index contributed by atoms with van der Waals surface area (Å²) >= 11 is 3.33. The second-order valence-electron chi connectivity index (χ2n) is 4.59. The molecule has 20 heavy (non-hydrogen) atoms. The van der Waals surface area contributed by atoms with E-state index < -0.39 is 12.6 Å². The zero-order chi connectivity index (χ0) is 14.8. The molecule has 0 radical (unpaired) electrons. The lowest BCUT2D eigenvalue weighted by atomic mass is 10.0. The Morgan fingerprint density at radius 3 is 2.40 bits per heavy atom. The van der Waals surface area contributed by atoms with Gasteiger partial charge < -0.3 is 4.74 Å². The minimum absolute atomic E-state index is 0.0329. The summed E-state index contributed by atoms with van der Waals surface area (Å²) in [5, 5.41) is 1.99. The quantitative estimate of drug-likeness (QED) is 0.652. The Bertz CT molecular complexity index is 595. The molecule has 2 aromatic carbocycles. The number of hydrogen-bond acceptors (Lipinski definition) is 1. The van der Waals surface area contributed by atoms with E-state index in [4.69, 9.17) is 4.74 Å². The van der Waals surface area contributed by atoms with Crippen molar-refractivity contribution < 1.29 is 17.9 Å². The van der Waals surface area contributed by atoms with E-state index in [2.05, 4.69) is 15.9 Å². The molecule has 2 rings (SSSR count). The lowest BCUT2D eigenvalue weighted by Gasteiger charge is -2.13. The molecule has 0 bridgehead atoms. The van der Waals surface area contributed by atoms with Crippen molar-refractivity contribution in [2.24, 2.45) is 0 Å². The molecular formula is C15H14BrF3O. The topological polar surface area (TPSA) is 9.23 Å². The summed E-state index contributed by atoms with van der Waals surface area (Å²) in [7, 11) is 1.60. The first kappa shape index (κ1) is 15.2. The summed E-state index contributed by atoms with van der Waals surface area (Å²) in [6.45, 7) is 0. The Hall–Kier alpha value is -1.23. The predicted octanol–water partition coefficient (Wildman–Crippen LogP) is 5.63. The molecule has 0 saturated carbocycles. The van der Waals surface area contributed by atoms with Crippen molar-refractivity contribution in [3.63, 3.8) is 0 Å². The van der Waals surface area contributed by atoms with E-state index in [0.717, 1.165) is 22.1 Å². The highest BCUT2D eigenvalue weighted by Crippen LogP contribution is 2.34. The Morgan fingerprint density at radius 1 is 1.10 bits per heavy atom. The Labute approximate surface area is 123 Å². The zero-order valence-electron chi connectivity index (χ0n) is 10.9. The summed E-state index contributed by atoms with van der Waals surface area (Å²) in [4.78, 5) is -0.296. The maximum Gasteiger partial charge on any atom is 0.389 e. The van der Waals surface area contributed by atoms with Gasteiger partial charge in [0.25, 0.3) is 0 Å². The SMILES string of the molecule is COc1ccc2cc(C(Br)CCC(F)(F)F)ccc2c1. The molecule has 0 aliphatic rings. The molecule has 0 amide bonds. The van der Waals surface area contributed by atoms with Gasteiger partial charge in [-0.25, -0.2) is 0 Å². The van der Waals surface area contributed by atoms with Crippen LogP contribution in [0.1, 0.15) is 23.2 Å². The van der Waals surface area contributed by atoms with Gasteiger partial charge in [0.15, 0.2) is 0 Å². The van der Waals surface area contributed by atoms with E-state index >= 15 is 0 Å². The normalized spacial score (nSPS) is 13.4. The lowest BCUT2D eigenvalue weighted by molar-refractivity contribution is -0.135. The highest BCUT2D eigenvalue weighted by molar-refractivity contribution is 9.09. The van der Waals surface area contributed by atoms with Gasteiger partial charge in [-0.05, 0) is 34.9 Å². The van der Waals surface area contributed by atoms with Crippen molar-refractivity contribution >= 4 is 26.7 Å². The molecule has 2 aromatic rings. The van der Waals surface area contributed by atoms with Crippen LogP contribution < -0.4 is 4.74 Å². The summed E-state index contributed by atoms with van der Waals surface area (Å²) in [6, 6.07) is 11.3. The minimum atomic E-state index is -4.11. The van der Waals surface area contributed by atoms with Crippen molar-refractivity contribution in [1.29, 1.82) is 0 Å². The van der Waals surface area contributed by atoms with Crippen LogP contribution in [0.25, 0.3) is 10.8 Å². The van der Waals surface area contributed by atoms with Gasteiger partial charge >= 0.3 is 6.18 Å². The van der Waals surface area contributed by atoms with E-state index in [1.54, 1.807) is 7.11 Å². The minimum Gasteiger partial charge on any atom is -0.497 e. The first-order valence-electron chi connectivity index (χ1n) is 6.17. The molecule has 108 valence electrons. The molecule has 0 heterocycles. The predicted molar refractivity (Wildman–Crippen MR) is 77.5 cm³/mol. The molecule has 0 aliphatic carbocycles. The summed E-state index contributed by atoms with van der Waals surface area (Å²) < 4.78 is 41.8. The molecule has 0 N–H and O–H groups in total. The molecule has 0 saturated heterocycles. The van der Waals surface area contributed by atoms with E-state index in [0.29, 0.717) is 0 Å². The van der Waals surface area contributed by atoms with Crippen LogP contribution in [-0.4, -0.2) is 13.3 Å². The number of rotatable bonds is 4. The molecule has 1 unspecified atom stereocenters. The van der Waals surface area contributed by atoms with Gasteiger partial charge in [-0.2, -0.15) is 13.2 Å².